The van der Waals surface area contributed by atoms with Gasteiger partial charge in [0.15, 0.2) is 0 Å². The Bertz CT molecular complexity index is 422. The molecule has 4 heteroatoms. The molecule has 0 bridgehead atoms. The van der Waals surface area contributed by atoms with Crippen LogP contribution >= 0.6 is 0 Å². The summed E-state index contributed by atoms with van der Waals surface area (Å²) in [5.41, 5.74) is 5.75. The lowest BCUT2D eigenvalue weighted by atomic mass is 9.82. The third kappa shape index (κ3) is 2.15. The van der Waals surface area contributed by atoms with E-state index >= 15 is 0 Å². The minimum Gasteiger partial charge on any atom is -0.489 e. The second-order valence-electron chi connectivity index (χ2n) is 4.07. The predicted octanol–water partition coefficient (Wildman–Crippen LogP) is 1.81. The third-order valence-electron chi connectivity index (χ3n) is 2.88. The first-order valence-corrected chi connectivity index (χ1v) is 5.29. The number of hydrogen-bond acceptors (Lipinski definition) is 3. The summed E-state index contributed by atoms with van der Waals surface area (Å²) in [6, 6.07) is 5.92. The van der Waals surface area contributed by atoms with E-state index in [9.17, 15) is 4.39 Å². The molecule has 1 aromatic carbocycles. The molecule has 16 heavy (non-hydrogen) atoms. The minimum absolute atomic E-state index is 0.117. The number of nitrogens with two attached hydrogens (primary N) is 1. The lowest BCUT2D eigenvalue weighted by Gasteiger charge is -2.34. The normalized spacial score (nSPS) is 23.3. The summed E-state index contributed by atoms with van der Waals surface area (Å²) in [4.78, 5) is 0. The third-order valence-corrected chi connectivity index (χ3v) is 2.88. The van der Waals surface area contributed by atoms with E-state index in [1.807, 2.05) is 6.07 Å². The van der Waals surface area contributed by atoms with Gasteiger partial charge < -0.3 is 10.5 Å². The van der Waals surface area contributed by atoms with Gasteiger partial charge in [-0.2, -0.15) is 5.26 Å². The Morgan fingerprint density at radius 3 is 2.88 bits per heavy atom. The van der Waals surface area contributed by atoms with Crippen LogP contribution in [-0.2, 0) is 0 Å². The fourth-order valence-electron chi connectivity index (χ4n) is 1.84. The van der Waals surface area contributed by atoms with Crippen molar-refractivity contribution in [3.63, 3.8) is 0 Å². The molecule has 1 saturated carbocycles. The first kappa shape index (κ1) is 10.9. The molecule has 1 aliphatic rings. The average molecular weight is 220 g/mol. The van der Waals surface area contributed by atoms with Crippen molar-refractivity contribution < 1.29 is 9.13 Å². The summed E-state index contributed by atoms with van der Waals surface area (Å²) in [5, 5.41) is 8.83. The standard InChI is InChI=1S/C12H13FN2O/c13-10-1-2-12(9(5-10)7-15)16-11-3-8(4-11)6-14/h1-2,5,8,11H,3-4,6,14H2. The van der Waals surface area contributed by atoms with E-state index in [0.29, 0.717) is 18.2 Å². The monoisotopic (exact) mass is 220 g/mol. The van der Waals surface area contributed by atoms with E-state index in [-0.39, 0.29) is 11.7 Å². The highest BCUT2D eigenvalue weighted by molar-refractivity contribution is 5.43. The largest absolute Gasteiger partial charge is 0.489 e. The van der Waals surface area contributed by atoms with Crippen molar-refractivity contribution in [3.05, 3.63) is 29.6 Å². The van der Waals surface area contributed by atoms with Crippen molar-refractivity contribution in [2.45, 2.75) is 18.9 Å². The summed E-state index contributed by atoms with van der Waals surface area (Å²) in [6.07, 6.45) is 1.95. The van der Waals surface area contributed by atoms with Crippen molar-refractivity contribution in [2.75, 3.05) is 6.54 Å². The zero-order chi connectivity index (χ0) is 11.5. The van der Waals surface area contributed by atoms with Crippen molar-refractivity contribution in [3.8, 4) is 11.8 Å². The zero-order valence-corrected chi connectivity index (χ0v) is 8.82. The van der Waals surface area contributed by atoms with Crippen molar-refractivity contribution >= 4 is 0 Å². The van der Waals surface area contributed by atoms with Gasteiger partial charge in [-0.3, -0.25) is 0 Å². The predicted molar refractivity (Wildman–Crippen MR) is 57.3 cm³/mol. The van der Waals surface area contributed by atoms with Gasteiger partial charge in [-0.1, -0.05) is 0 Å². The molecule has 0 radical (unpaired) electrons. The molecule has 84 valence electrons. The van der Waals surface area contributed by atoms with Crippen LogP contribution < -0.4 is 10.5 Å². The number of nitriles is 1. The molecule has 1 fully saturated rings. The van der Waals surface area contributed by atoms with E-state index in [0.717, 1.165) is 12.8 Å². The SMILES string of the molecule is N#Cc1cc(F)ccc1OC1CC(CN)C1. The van der Waals surface area contributed by atoms with Crippen LogP contribution in [0.4, 0.5) is 4.39 Å². The Hall–Kier alpha value is -1.60. The van der Waals surface area contributed by atoms with E-state index in [4.69, 9.17) is 15.7 Å². The molecule has 1 aliphatic carbocycles. The molecule has 2 rings (SSSR count). The van der Waals surface area contributed by atoms with E-state index < -0.39 is 5.82 Å². The maximum atomic E-state index is 12.9. The zero-order valence-electron chi connectivity index (χ0n) is 8.82. The second-order valence-corrected chi connectivity index (χ2v) is 4.07. The molecule has 0 amide bonds. The van der Waals surface area contributed by atoms with Crippen LogP contribution in [0.3, 0.4) is 0 Å². The summed E-state index contributed by atoms with van der Waals surface area (Å²) >= 11 is 0. The van der Waals surface area contributed by atoms with Gasteiger partial charge >= 0.3 is 0 Å². The fourth-order valence-corrected chi connectivity index (χ4v) is 1.84. The Labute approximate surface area is 93.6 Å². The van der Waals surface area contributed by atoms with Gasteiger partial charge in [-0.25, -0.2) is 4.39 Å². The van der Waals surface area contributed by atoms with E-state index in [2.05, 4.69) is 0 Å². The van der Waals surface area contributed by atoms with Crippen LogP contribution in [0, 0.1) is 23.1 Å². The molecule has 0 heterocycles. The van der Waals surface area contributed by atoms with E-state index in [1.165, 1.54) is 18.2 Å². The molecular formula is C12H13FN2O. The number of ether oxygens (including phenoxy) is 1. The van der Waals surface area contributed by atoms with Gasteiger partial charge in [0.25, 0.3) is 0 Å². The highest BCUT2D eigenvalue weighted by Crippen LogP contribution is 2.31. The van der Waals surface area contributed by atoms with Gasteiger partial charge in [-0.05, 0) is 43.5 Å². The van der Waals surface area contributed by atoms with Crippen LogP contribution in [-0.4, -0.2) is 12.6 Å². The topological polar surface area (TPSA) is 59.0 Å². The Morgan fingerprint density at radius 1 is 1.50 bits per heavy atom. The highest BCUT2D eigenvalue weighted by Gasteiger charge is 2.30. The molecule has 0 aliphatic heterocycles. The lowest BCUT2D eigenvalue weighted by Crippen LogP contribution is -2.37. The molecule has 0 spiro atoms. The Kier molecular flexibility index (Phi) is 3.07. The number of rotatable bonds is 3. The molecule has 2 N–H and O–H groups in total. The number of hydrogen-bond donors (Lipinski definition) is 1. The van der Waals surface area contributed by atoms with Crippen molar-refractivity contribution in [1.82, 2.24) is 0 Å². The summed E-state index contributed by atoms with van der Waals surface area (Å²) < 4.78 is 18.5. The van der Waals surface area contributed by atoms with Crippen LogP contribution in [0.5, 0.6) is 5.75 Å². The van der Waals surface area contributed by atoms with Crippen LogP contribution in [0.2, 0.25) is 0 Å². The van der Waals surface area contributed by atoms with Gasteiger partial charge in [0.1, 0.15) is 17.6 Å². The molecule has 0 unspecified atom stereocenters. The summed E-state index contributed by atoms with van der Waals surface area (Å²) in [6.45, 7) is 0.675. The number of halogens is 1. The van der Waals surface area contributed by atoms with Crippen molar-refractivity contribution in [1.29, 1.82) is 5.26 Å². The van der Waals surface area contributed by atoms with E-state index in [1.54, 1.807) is 0 Å². The summed E-state index contributed by atoms with van der Waals surface area (Å²) in [5.74, 6) is 0.567. The first-order valence-electron chi connectivity index (χ1n) is 5.29. The Morgan fingerprint density at radius 2 is 2.25 bits per heavy atom. The van der Waals surface area contributed by atoms with Crippen molar-refractivity contribution in [2.24, 2.45) is 11.7 Å². The molecule has 1 aromatic rings. The Balaban J connectivity index is 2.03. The fraction of sp³-hybridized carbons (Fsp3) is 0.417. The van der Waals surface area contributed by atoms with Crippen LogP contribution in [0.25, 0.3) is 0 Å². The second kappa shape index (κ2) is 4.50. The van der Waals surface area contributed by atoms with Crippen LogP contribution in [0.1, 0.15) is 18.4 Å². The molecule has 3 nitrogen and oxygen atoms in total. The molecule has 0 aromatic heterocycles. The number of benzene rings is 1. The lowest BCUT2D eigenvalue weighted by molar-refractivity contribution is 0.0687. The van der Waals surface area contributed by atoms with Crippen LogP contribution in [0.15, 0.2) is 18.2 Å². The van der Waals surface area contributed by atoms with Gasteiger partial charge in [-0.15, -0.1) is 0 Å². The number of nitrogens with zero attached hydrogens (tertiary/aromatic N) is 1. The van der Waals surface area contributed by atoms with Gasteiger partial charge in [0, 0.05) is 0 Å². The van der Waals surface area contributed by atoms with Gasteiger partial charge in [0.2, 0.25) is 0 Å². The summed E-state index contributed by atoms with van der Waals surface area (Å²) in [7, 11) is 0. The average Bonchev–Trinajstić information content (AvgIpc) is 2.24. The highest BCUT2D eigenvalue weighted by atomic mass is 19.1. The molecule has 0 saturated heterocycles. The first-order chi connectivity index (χ1) is 7.72. The smallest absolute Gasteiger partial charge is 0.137 e. The van der Waals surface area contributed by atoms with Gasteiger partial charge in [0.05, 0.1) is 11.7 Å². The molecular weight excluding hydrogens is 207 g/mol. The quantitative estimate of drug-likeness (QED) is 0.845. The minimum atomic E-state index is -0.419. The maximum Gasteiger partial charge on any atom is 0.137 e. The molecule has 0 atom stereocenters. The maximum absolute atomic E-state index is 12.9.